The van der Waals surface area contributed by atoms with E-state index in [1.54, 1.807) is 6.26 Å². The molecular formula is C18H20N4O. The summed E-state index contributed by atoms with van der Waals surface area (Å²) in [6, 6.07) is 14.1. The lowest BCUT2D eigenvalue weighted by Gasteiger charge is -2.10. The quantitative estimate of drug-likeness (QED) is 0.723. The molecule has 118 valence electrons. The van der Waals surface area contributed by atoms with Crippen LogP contribution in [0.4, 0.5) is 11.6 Å². The van der Waals surface area contributed by atoms with Crippen LogP contribution in [0.1, 0.15) is 22.7 Å². The van der Waals surface area contributed by atoms with Crippen LogP contribution < -0.4 is 10.6 Å². The van der Waals surface area contributed by atoms with Gasteiger partial charge in [-0.15, -0.1) is 0 Å². The first-order chi connectivity index (χ1) is 11.2. The zero-order valence-corrected chi connectivity index (χ0v) is 13.3. The van der Waals surface area contributed by atoms with Crippen LogP contribution in [0.2, 0.25) is 0 Å². The summed E-state index contributed by atoms with van der Waals surface area (Å²) in [4.78, 5) is 8.83. The number of aromatic nitrogens is 2. The highest BCUT2D eigenvalue weighted by Gasteiger charge is 2.03. The van der Waals surface area contributed by atoms with Crippen LogP contribution in [-0.2, 0) is 13.1 Å². The highest BCUT2D eigenvalue weighted by Crippen LogP contribution is 2.14. The van der Waals surface area contributed by atoms with Gasteiger partial charge >= 0.3 is 0 Å². The van der Waals surface area contributed by atoms with Gasteiger partial charge in [0.1, 0.15) is 23.2 Å². The molecule has 3 rings (SSSR count). The number of aryl methyl sites for hydroxylation is 2. The minimum atomic E-state index is 0.598. The fourth-order valence-corrected chi connectivity index (χ4v) is 2.35. The zero-order valence-electron chi connectivity index (χ0n) is 13.3. The summed E-state index contributed by atoms with van der Waals surface area (Å²) < 4.78 is 5.31. The topological polar surface area (TPSA) is 63.0 Å². The van der Waals surface area contributed by atoms with E-state index in [1.807, 2.05) is 25.1 Å². The number of rotatable bonds is 6. The van der Waals surface area contributed by atoms with Crippen LogP contribution in [0.25, 0.3) is 0 Å². The third-order valence-electron chi connectivity index (χ3n) is 3.42. The smallest absolute Gasteiger partial charge is 0.132 e. The summed E-state index contributed by atoms with van der Waals surface area (Å²) in [7, 11) is 0. The van der Waals surface area contributed by atoms with E-state index in [-0.39, 0.29) is 0 Å². The molecule has 2 aromatic heterocycles. The summed E-state index contributed by atoms with van der Waals surface area (Å²) in [5.74, 6) is 3.18. The summed E-state index contributed by atoms with van der Waals surface area (Å²) in [6.45, 7) is 5.31. The Bertz CT molecular complexity index is 768. The van der Waals surface area contributed by atoms with E-state index in [9.17, 15) is 0 Å². The predicted octanol–water partition coefficient (Wildman–Crippen LogP) is 3.91. The van der Waals surface area contributed by atoms with Crippen molar-refractivity contribution in [3.63, 3.8) is 0 Å². The van der Waals surface area contributed by atoms with Crippen molar-refractivity contribution in [3.05, 3.63) is 71.4 Å². The van der Waals surface area contributed by atoms with Crippen molar-refractivity contribution in [2.24, 2.45) is 0 Å². The summed E-state index contributed by atoms with van der Waals surface area (Å²) in [5, 5.41) is 6.60. The van der Waals surface area contributed by atoms with Crippen molar-refractivity contribution < 1.29 is 4.42 Å². The maximum atomic E-state index is 5.31. The van der Waals surface area contributed by atoms with Crippen molar-refractivity contribution >= 4 is 11.6 Å². The molecule has 0 saturated heterocycles. The van der Waals surface area contributed by atoms with Gasteiger partial charge in [-0.1, -0.05) is 29.8 Å². The second kappa shape index (κ2) is 6.96. The van der Waals surface area contributed by atoms with E-state index >= 15 is 0 Å². The lowest BCUT2D eigenvalue weighted by atomic mass is 10.1. The molecule has 0 saturated carbocycles. The van der Waals surface area contributed by atoms with Crippen LogP contribution in [0.5, 0.6) is 0 Å². The predicted molar refractivity (Wildman–Crippen MR) is 91.3 cm³/mol. The normalized spacial score (nSPS) is 10.5. The number of furan rings is 1. The highest BCUT2D eigenvalue weighted by atomic mass is 16.3. The van der Waals surface area contributed by atoms with Crippen molar-refractivity contribution in [3.8, 4) is 0 Å². The average molecular weight is 308 g/mol. The monoisotopic (exact) mass is 308 g/mol. The molecule has 2 heterocycles. The molecule has 0 aliphatic carbocycles. The van der Waals surface area contributed by atoms with E-state index in [1.165, 1.54) is 11.1 Å². The van der Waals surface area contributed by atoms with Crippen LogP contribution in [0.15, 0.2) is 53.1 Å². The molecule has 0 bridgehead atoms. The first kappa shape index (κ1) is 15.1. The molecule has 0 atom stereocenters. The first-order valence-electron chi connectivity index (χ1n) is 7.60. The minimum Gasteiger partial charge on any atom is -0.467 e. The van der Waals surface area contributed by atoms with E-state index in [4.69, 9.17) is 4.42 Å². The number of nitrogens with one attached hydrogen (secondary N) is 2. The van der Waals surface area contributed by atoms with Crippen LogP contribution >= 0.6 is 0 Å². The Morgan fingerprint density at radius 2 is 1.70 bits per heavy atom. The molecule has 0 fully saturated rings. The van der Waals surface area contributed by atoms with E-state index in [2.05, 4.69) is 51.8 Å². The molecule has 5 nitrogen and oxygen atoms in total. The minimum absolute atomic E-state index is 0.598. The lowest BCUT2D eigenvalue weighted by molar-refractivity contribution is 0.518. The zero-order chi connectivity index (χ0) is 16.1. The highest BCUT2D eigenvalue weighted by molar-refractivity contribution is 5.48. The first-order valence-corrected chi connectivity index (χ1v) is 7.60. The van der Waals surface area contributed by atoms with Gasteiger partial charge in [0.2, 0.25) is 0 Å². The van der Waals surface area contributed by atoms with Gasteiger partial charge < -0.3 is 15.1 Å². The van der Waals surface area contributed by atoms with E-state index in [0.29, 0.717) is 6.54 Å². The number of hydrogen-bond donors (Lipinski definition) is 2. The Kier molecular flexibility index (Phi) is 4.57. The Labute approximate surface area is 135 Å². The van der Waals surface area contributed by atoms with Crippen LogP contribution in [0.3, 0.4) is 0 Å². The molecule has 5 heteroatoms. The fraction of sp³-hybridized carbons (Fsp3) is 0.222. The molecule has 23 heavy (non-hydrogen) atoms. The molecule has 0 spiro atoms. The largest absolute Gasteiger partial charge is 0.467 e. The van der Waals surface area contributed by atoms with Gasteiger partial charge in [0.15, 0.2) is 0 Å². The van der Waals surface area contributed by atoms with Crippen LogP contribution in [0, 0.1) is 13.8 Å². The van der Waals surface area contributed by atoms with E-state index in [0.717, 1.165) is 29.8 Å². The van der Waals surface area contributed by atoms with Crippen molar-refractivity contribution in [1.29, 1.82) is 0 Å². The molecule has 1 aromatic carbocycles. The number of nitrogens with zero attached hydrogens (tertiary/aromatic N) is 2. The van der Waals surface area contributed by atoms with Crippen molar-refractivity contribution in [1.82, 2.24) is 9.97 Å². The number of benzene rings is 1. The van der Waals surface area contributed by atoms with Gasteiger partial charge in [0.25, 0.3) is 0 Å². The van der Waals surface area contributed by atoms with Gasteiger partial charge in [0, 0.05) is 12.6 Å². The Balaban J connectivity index is 1.65. The number of hydrogen-bond acceptors (Lipinski definition) is 5. The van der Waals surface area contributed by atoms with Gasteiger partial charge in [-0.25, -0.2) is 9.97 Å². The number of anilines is 2. The fourth-order valence-electron chi connectivity index (χ4n) is 2.35. The molecular weight excluding hydrogens is 288 g/mol. The maximum absolute atomic E-state index is 5.31. The molecule has 0 unspecified atom stereocenters. The van der Waals surface area contributed by atoms with Gasteiger partial charge in [-0.05, 0) is 31.5 Å². The third kappa shape index (κ3) is 4.32. The third-order valence-corrected chi connectivity index (χ3v) is 3.42. The van der Waals surface area contributed by atoms with Crippen LogP contribution in [-0.4, -0.2) is 9.97 Å². The second-order valence-corrected chi connectivity index (χ2v) is 5.46. The summed E-state index contributed by atoms with van der Waals surface area (Å²) in [6.07, 6.45) is 1.66. The van der Waals surface area contributed by atoms with Gasteiger partial charge in [-0.3, -0.25) is 0 Å². The molecule has 2 N–H and O–H groups in total. The molecule has 0 radical (unpaired) electrons. The van der Waals surface area contributed by atoms with Gasteiger partial charge in [-0.2, -0.15) is 0 Å². The summed E-state index contributed by atoms with van der Waals surface area (Å²) in [5.41, 5.74) is 2.48. The average Bonchev–Trinajstić information content (AvgIpc) is 3.04. The SMILES string of the molecule is Cc1cccc(CNc2cc(NCc3ccco3)nc(C)n2)c1. The second-order valence-electron chi connectivity index (χ2n) is 5.46. The Hall–Kier alpha value is -2.82. The Morgan fingerprint density at radius 3 is 2.39 bits per heavy atom. The summed E-state index contributed by atoms with van der Waals surface area (Å²) >= 11 is 0. The standard InChI is InChI=1S/C18H20N4O/c1-13-5-3-6-15(9-13)11-19-17-10-18(22-14(2)21-17)20-12-16-7-4-8-23-16/h3-10H,11-12H2,1-2H3,(H2,19,20,21,22). The molecule has 0 aliphatic heterocycles. The van der Waals surface area contributed by atoms with E-state index < -0.39 is 0 Å². The van der Waals surface area contributed by atoms with Crippen molar-refractivity contribution in [2.75, 3.05) is 10.6 Å². The van der Waals surface area contributed by atoms with Crippen molar-refractivity contribution in [2.45, 2.75) is 26.9 Å². The lowest BCUT2D eigenvalue weighted by Crippen LogP contribution is -2.07. The Morgan fingerprint density at radius 1 is 0.913 bits per heavy atom. The molecule has 0 amide bonds. The van der Waals surface area contributed by atoms with Gasteiger partial charge in [0.05, 0.1) is 12.8 Å². The molecule has 3 aromatic rings. The maximum Gasteiger partial charge on any atom is 0.132 e. The molecule has 0 aliphatic rings.